The number of hydrogen-bond donors (Lipinski definition) is 1. The van der Waals surface area contributed by atoms with Gasteiger partial charge in [0.05, 0.1) is 18.3 Å². The fourth-order valence-corrected chi connectivity index (χ4v) is 4.59. The molecular weight excluding hydrogens is 394 g/mol. The standard InChI is InChI=1S/C28H27N3O/c1-21-9-7-13-23(19-21)27-26-15-8-18-30(26)25-14-6-5-12-24(25)20-31(27)28(32)29-17-16-22-10-3-2-4-11-22/h2-15,18-19,27H,16-17,20H2,1H3,(H,29,32). The van der Waals surface area contributed by atoms with Gasteiger partial charge < -0.3 is 14.8 Å². The third-order valence-corrected chi connectivity index (χ3v) is 6.12. The quantitative estimate of drug-likeness (QED) is 0.455. The number of aromatic nitrogens is 1. The van der Waals surface area contributed by atoms with E-state index in [1.807, 2.05) is 29.2 Å². The van der Waals surface area contributed by atoms with E-state index in [-0.39, 0.29) is 12.1 Å². The molecule has 1 atom stereocenters. The highest BCUT2D eigenvalue weighted by Gasteiger charge is 2.32. The average molecular weight is 422 g/mol. The zero-order valence-electron chi connectivity index (χ0n) is 18.2. The lowest BCUT2D eigenvalue weighted by molar-refractivity contribution is 0.180. The summed E-state index contributed by atoms with van der Waals surface area (Å²) in [6, 6.07) is 31.0. The zero-order valence-corrected chi connectivity index (χ0v) is 18.2. The summed E-state index contributed by atoms with van der Waals surface area (Å²) in [5, 5.41) is 3.17. The molecule has 1 unspecified atom stereocenters. The Hall–Kier alpha value is -3.79. The van der Waals surface area contributed by atoms with Crippen molar-refractivity contribution in [1.29, 1.82) is 0 Å². The summed E-state index contributed by atoms with van der Waals surface area (Å²) in [6.07, 6.45) is 2.90. The van der Waals surface area contributed by atoms with E-state index in [9.17, 15) is 4.79 Å². The number of urea groups is 1. The van der Waals surface area contributed by atoms with Crippen LogP contribution in [0.5, 0.6) is 0 Å². The monoisotopic (exact) mass is 421 g/mol. The Labute approximate surface area is 189 Å². The van der Waals surface area contributed by atoms with Gasteiger partial charge in [0.15, 0.2) is 0 Å². The van der Waals surface area contributed by atoms with Gasteiger partial charge in [-0.2, -0.15) is 0 Å². The molecule has 160 valence electrons. The maximum absolute atomic E-state index is 13.6. The zero-order chi connectivity index (χ0) is 21.9. The largest absolute Gasteiger partial charge is 0.338 e. The number of benzene rings is 3. The first-order valence-electron chi connectivity index (χ1n) is 11.1. The van der Waals surface area contributed by atoms with Gasteiger partial charge in [-0.3, -0.25) is 0 Å². The van der Waals surface area contributed by atoms with E-state index in [2.05, 4.69) is 89.7 Å². The maximum atomic E-state index is 13.6. The summed E-state index contributed by atoms with van der Waals surface area (Å²) in [5.74, 6) is 0. The molecule has 32 heavy (non-hydrogen) atoms. The molecule has 0 fully saturated rings. The van der Waals surface area contributed by atoms with E-state index in [4.69, 9.17) is 0 Å². The number of fused-ring (bicyclic) bond motifs is 3. The van der Waals surface area contributed by atoms with Crippen LogP contribution >= 0.6 is 0 Å². The second-order valence-corrected chi connectivity index (χ2v) is 8.34. The molecule has 4 aromatic rings. The minimum absolute atomic E-state index is 0.0445. The van der Waals surface area contributed by atoms with E-state index in [1.54, 1.807) is 0 Å². The minimum atomic E-state index is -0.172. The number of amides is 2. The molecule has 0 radical (unpaired) electrons. The van der Waals surface area contributed by atoms with Crippen LogP contribution in [0.4, 0.5) is 4.79 Å². The summed E-state index contributed by atoms with van der Waals surface area (Å²) in [5.41, 5.74) is 6.89. The Morgan fingerprint density at radius 1 is 0.938 bits per heavy atom. The summed E-state index contributed by atoms with van der Waals surface area (Å²) in [6.45, 7) is 3.24. The van der Waals surface area contributed by atoms with E-state index in [0.717, 1.165) is 28.9 Å². The lowest BCUT2D eigenvalue weighted by Crippen LogP contribution is -2.42. The van der Waals surface area contributed by atoms with Crippen LogP contribution in [0.1, 0.15) is 34.0 Å². The van der Waals surface area contributed by atoms with Crippen LogP contribution in [0.2, 0.25) is 0 Å². The second kappa shape index (κ2) is 8.75. The Balaban J connectivity index is 1.50. The molecule has 1 aliphatic rings. The number of nitrogens with zero attached hydrogens (tertiary/aromatic N) is 2. The number of para-hydroxylation sites is 1. The SMILES string of the molecule is Cc1cccc(C2c3cccn3-c3ccccc3CN2C(=O)NCCc2ccccc2)c1. The van der Waals surface area contributed by atoms with Crippen LogP contribution in [-0.4, -0.2) is 22.0 Å². The summed E-state index contributed by atoms with van der Waals surface area (Å²) in [4.78, 5) is 15.5. The van der Waals surface area contributed by atoms with Gasteiger partial charge in [0.2, 0.25) is 0 Å². The third-order valence-electron chi connectivity index (χ3n) is 6.12. The minimum Gasteiger partial charge on any atom is -0.338 e. The van der Waals surface area contributed by atoms with Crippen LogP contribution in [0.25, 0.3) is 5.69 Å². The Morgan fingerprint density at radius 3 is 2.59 bits per heavy atom. The van der Waals surface area contributed by atoms with Crippen molar-refractivity contribution in [2.75, 3.05) is 6.54 Å². The molecule has 3 aromatic carbocycles. The highest BCUT2D eigenvalue weighted by Crippen LogP contribution is 2.36. The number of aryl methyl sites for hydroxylation is 1. The van der Waals surface area contributed by atoms with Gasteiger partial charge in [-0.25, -0.2) is 4.79 Å². The predicted octanol–water partition coefficient (Wildman–Crippen LogP) is 5.64. The van der Waals surface area contributed by atoms with Gasteiger partial charge in [0, 0.05) is 18.4 Å². The van der Waals surface area contributed by atoms with Crippen LogP contribution in [0, 0.1) is 6.92 Å². The molecule has 4 heteroatoms. The van der Waals surface area contributed by atoms with Crippen molar-refractivity contribution in [3.63, 3.8) is 0 Å². The first-order chi connectivity index (χ1) is 15.7. The first-order valence-corrected chi connectivity index (χ1v) is 11.1. The smallest absolute Gasteiger partial charge is 0.318 e. The Kier molecular flexibility index (Phi) is 5.51. The fourth-order valence-electron chi connectivity index (χ4n) is 4.59. The molecule has 0 saturated carbocycles. The molecule has 5 rings (SSSR count). The molecule has 4 nitrogen and oxygen atoms in total. The van der Waals surface area contributed by atoms with Crippen LogP contribution in [0.3, 0.4) is 0 Å². The lowest BCUT2D eigenvalue weighted by atomic mass is 10.00. The molecular formula is C28H27N3O. The molecule has 0 bridgehead atoms. The molecule has 0 saturated heterocycles. The van der Waals surface area contributed by atoms with Gasteiger partial charge in [0.25, 0.3) is 0 Å². The second-order valence-electron chi connectivity index (χ2n) is 8.34. The van der Waals surface area contributed by atoms with Gasteiger partial charge in [-0.05, 0) is 48.2 Å². The van der Waals surface area contributed by atoms with E-state index in [1.165, 1.54) is 11.1 Å². The van der Waals surface area contributed by atoms with Crippen LogP contribution < -0.4 is 5.32 Å². The van der Waals surface area contributed by atoms with Crippen LogP contribution in [0.15, 0.2) is 97.2 Å². The Bertz CT molecular complexity index is 1230. The summed E-state index contributed by atoms with van der Waals surface area (Å²) >= 11 is 0. The molecule has 0 spiro atoms. The lowest BCUT2D eigenvalue weighted by Gasteiger charge is -2.31. The fraction of sp³-hybridized carbons (Fsp3) is 0.179. The number of carbonyl (C=O) groups excluding carboxylic acids is 1. The van der Waals surface area contributed by atoms with E-state index < -0.39 is 0 Å². The van der Waals surface area contributed by atoms with E-state index >= 15 is 0 Å². The van der Waals surface area contributed by atoms with Crippen molar-refractivity contribution >= 4 is 6.03 Å². The normalized spacial score (nSPS) is 14.9. The van der Waals surface area contributed by atoms with Crippen LogP contribution in [-0.2, 0) is 13.0 Å². The van der Waals surface area contributed by atoms with Gasteiger partial charge >= 0.3 is 6.03 Å². The van der Waals surface area contributed by atoms with Gasteiger partial charge in [-0.1, -0.05) is 78.4 Å². The van der Waals surface area contributed by atoms with E-state index in [0.29, 0.717) is 13.1 Å². The molecule has 0 aliphatic carbocycles. The predicted molar refractivity (Wildman–Crippen MR) is 128 cm³/mol. The Morgan fingerprint density at radius 2 is 1.75 bits per heavy atom. The number of hydrogen-bond acceptors (Lipinski definition) is 1. The van der Waals surface area contributed by atoms with Crippen molar-refractivity contribution in [3.8, 4) is 5.69 Å². The summed E-state index contributed by atoms with van der Waals surface area (Å²) < 4.78 is 2.22. The molecule has 2 amide bonds. The number of carbonyl (C=O) groups is 1. The topological polar surface area (TPSA) is 37.3 Å². The maximum Gasteiger partial charge on any atom is 0.318 e. The average Bonchev–Trinajstić information content (AvgIpc) is 3.24. The highest BCUT2D eigenvalue weighted by molar-refractivity contribution is 5.76. The van der Waals surface area contributed by atoms with Crippen molar-refractivity contribution in [2.45, 2.75) is 25.9 Å². The van der Waals surface area contributed by atoms with Gasteiger partial charge in [0.1, 0.15) is 0 Å². The van der Waals surface area contributed by atoms with Crippen molar-refractivity contribution in [2.24, 2.45) is 0 Å². The number of nitrogens with one attached hydrogen (secondary N) is 1. The van der Waals surface area contributed by atoms with Crippen molar-refractivity contribution in [1.82, 2.24) is 14.8 Å². The van der Waals surface area contributed by atoms with Crippen molar-refractivity contribution < 1.29 is 4.79 Å². The molecule has 1 aromatic heterocycles. The molecule has 1 N–H and O–H groups in total. The summed E-state index contributed by atoms with van der Waals surface area (Å²) in [7, 11) is 0. The third kappa shape index (κ3) is 3.92. The van der Waals surface area contributed by atoms with Crippen molar-refractivity contribution in [3.05, 3.63) is 125 Å². The number of rotatable bonds is 4. The highest BCUT2D eigenvalue weighted by atomic mass is 16.2. The van der Waals surface area contributed by atoms with Gasteiger partial charge in [-0.15, -0.1) is 0 Å². The first kappa shape index (κ1) is 20.1. The molecule has 2 heterocycles. The molecule has 1 aliphatic heterocycles.